The highest BCUT2D eigenvalue weighted by Gasteiger charge is 2.17. The van der Waals surface area contributed by atoms with Gasteiger partial charge in [-0.05, 0) is 42.3 Å². The zero-order valence-corrected chi connectivity index (χ0v) is 13.0. The fraction of sp³-hybridized carbons (Fsp3) is 0.278. The van der Waals surface area contributed by atoms with Gasteiger partial charge in [0.1, 0.15) is 11.6 Å². The van der Waals surface area contributed by atoms with Crippen molar-refractivity contribution in [2.75, 3.05) is 26.1 Å². The maximum Gasteiger partial charge on any atom is 0.123 e. The van der Waals surface area contributed by atoms with Crippen LogP contribution in [0.5, 0.6) is 5.75 Å². The van der Waals surface area contributed by atoms with Crippen molar-refractivity contribution in [3.63, 3.8) is 0 Å². The number of benzene rings is 2. The number of nitriles is 1. The van der Waals surface area contributed by atoms with E-state index in [1.54, 1.807) is 6.07 Å². The van der Waals surface area contributed by atoms with Gasteiger partial charge in [0.2, 0.25) is 0 Å². The van der Waals surface area contributed by atoms with Gasteiger partial charge in [-0.2, -0.15) is 5.26 Å². The Bertz CT molecular complexity index is 692. The van der Waals surface area contributed by atoms with Crippen molar-refractivity contribution >= 4 is 5.69 Å². The van der Waals surface area contributed by atoms with Gasteiger partial charge in [-0.3, -0.25) is 0 Å². The van der Waals surface area contributed by atoms with Crippen molar-refractivity contribution in [3.8, 4) is 11.8 Å². The van der Waals surface area contributed by atoms with Crippen molar-refractivity contribution in [1.29, 1.82) is 5.26 Å². The molecule has 114 valence electrons. The molecule has 0 amide bonds. The molecule has 0 aliphatic heterocycles. The summed E-state index contributed by atoms with van der Waals surface area (Å²) in [5, 5.41) is 9.49. The topological polar surface area (TPSA) is 36.3 Å². The second-order valence-electron chi connectivity index (χ2n) is 5.34. The molecule has 0 fully saturated rings. The van der Waals surface area contributed by atoms with E-state index in [2.05, 4.69) is 6.07 Å². The van der Waals surface area contributed by atoms with E-state index in [0.29, 0.717) is 17.7 Å². The number of halogens is 1. The molecule has 1 atom stereocenters. The number of rotatable bonds is 5. The number of anilines is 1. The molecule has 2 rings (SSSR count). The van der Waals surface area contributed by atoms with E-state index in [1.807, 2.05) is 43.3 Å². The summed E-state index contributed by atoms with van der Waals surface area (Å²) in [6.45, 7) is 0. The first kappa shape index (κ1) is 15.8. The van der Waals surface area contributed by atoms with Crippen LogP contribution >= 0.6 is 0 Å². The van der Waals surface area contributed by atoms with E-state index < -0.39 is 5.92 Å². The van der Waals surface area contributed by atoms with Gasteiger partial charge in [-0.1, -0.05) is 12.1 Å². The molecule has 22 heavy (non-hydrogen) atoms. The Balaban J connectivity index is 2.32. The van der Waals surface area contributed by atoms with Crippen LogP contribution in [0.3, 0.4) is 0 Å². The third-order valence-electron chi connectivity index (χ3n) is 3.59. The molecule has 0 saturated heterocycles. The Kier molecular flexibility index (Phi) is 5.00. The zero-order valence-electron chi connectivity index (χ0n) is 13.0. The van der Waals surface area contributed by atoms with Crippen LogP contribution in [-0.2, 0) is 6.42 Å². The standard InChI is InChI=1S/C18H19FN2O/c1-21(2)16-6-4-5-13(10-16)9-14(12-20)17-11-15(19)7-8-18(17)22-3/h4-8,10-11,14H,9H2,1-3H3. The summed E-state index contributed by atoms with van der Waals surface area (Å²) in [5.74, 6) is -0.280. The molecule has 0 aliphatic rings. The van der Waals surface area contributed by atoms with Crippen molar-refractivity contribution in [1.82, 2.24) is 0 Å². The highest BCUT2D eigenvalue weighted by atomic mass is 19.1. The van der Waals surface area contributed by atoms with Gasteiger partial charge >= 0.3 is 0 Å². The zero-order chi connectivity index (χ0) is 16.1. The first-order chi connectivity index (χ1) is 10.5. The van der Waals surface area contributed by atoms with E-state index in [0.717, 1.165) is 11.3 Å². The maximum atomic E-state index is 13.5. The minimum Gasteiger partial charge on any atom is -0.496 e. The second kappa shape index (κ2) is 6.95. The normalized spacial score (nSPS) is 11.6. The van der Waals surface area contributed by atoms with Crippen LogP contribution in [0.4, 0.5) is 10.1 Å². The molecule has 0 N–H and O–H groups in total. The van der Waals surface area contributed by atoms with Gasteiger partial charge in [0.25, 0.3) is 0 Å². The maximum absolute atomic E-state index is 13.5. The fourth-order valence-electron chi connectivity index (χ4n) is 2.40. The quantitative estimate of drug-likeness (QED) is 0.843. The Labute approximate surface area is 130 Å². The van der Waals surface area contributed by atoms with E-state index in [-0.39, 0.29) is 5.82 Å². The van der Waals surface area contributed by atoms with Crippen molar-refractivity contribution in [2.24, 2.45) is 0 Å². The Morgan fingerprint density at radius 3 is 2.64 bits per heavy atom. The number of hydrogen-bond donors (Lipinski definition) is 0. The summed E-state index contributed by atoms with van der Waals surface area (Å²) in [5.41, 5.74) is 2.68. The first-order valence-corrected chi connectivity index (χ1v) is 7.04. The molecule has 2 aromatic rings. The fourth-order valence-corrected chi connectivity index (χ4v) is 2.40. The summed E-state index contributed by atoms with van der Waals surface area (Å²) in [4.78, 5) is 2.01. The molecule has 2 aromatic carbocycles. The molecule has 0 bridgehead atoms. The van der Waals surface area contributed by atoms with Gasteiger partial charge in [0.15, 0.2) is 0 Å². The van der Waals surface area contributed by atoms with Gasteiger partial charge in [0, 0.05) is 25.3 Å². The van der Waals surface area contributed by atoms with Crippen molar-refractivity contribution in [2.45, 2.75) is 12.3 Å². The summed E-state index contributed by atoms with van der Waals surface area (Å²) in [6.07, 6.45) is 0.512. The van der Waals surface area contributed by atoms with Gasteiger partial charge in [-0.25, -0.2) is 4.39 Å². The highest BCUT2D eigenvalue weighted by Crippen LogP contribution is 2.30. The molecule has 0 aliphatic carbocycles. The van der Waals surface area contributed by atoms with Crippen LogP contribution in [0.2, 0.25) is 0 Å². The molecule has 4 heteroatoms. The van der Waals surface area contributed by atoms with Crippen molar-refractivity contribution < 1.29 is 9.13 Å². The Morgan fingerprint density at radius 2 is 2.00 bits per heavy atom. The average Bonchev–Trinajstić information content (AvgIpc) is 2.52. The Morgan fingerprint density at radius 1 is 1.23 bits per heavy atom. The predicted octanol–water partition coefficient (Wildman–Crippen LogP) is 3.75. The largest absolute Gasteiger partial charge is 0.496 e. The molecule has 1 unspecified atom stereocenters. The molecule has 0 spiro atoms. The molecule has 0 heterocycles. The summed E-state index contributed by atoms with van der Waals surface area (Å²) < 4.78 is 18.8. The predicted molar refractivity (Wildman–Crippen MR) is 85.8 cm³/mol. The SMILES string of the molecule is COc1ccc(F)cc1C(C#N)Cc1cccc(N(C)C)c1. The molecular formula is C18H19FN2O. The van der Waals surface area contributed by atoms with Crippen LogP contribution in [0.15, 0.2) is 42.5 Å². The van der Waals surface area contributed by atoms with E-state index in [1.165, 1.54) is 19.2 Å². The first-order valence-electron chi connectivity index (χ1n) is 7.04. The summed E-state index contributed by atoms with van der Waals surface area (Å²) >= 11 is 0. The van der Waals surface area contributed by atoms with Gasteiger partial charge < -0.3 is 9.64 Å². The smallest absolute Gasteiger partial charge is 0.123 e. The van der Waals surface area contributed by atoms with E-state index in [9.17, 15) is 9.65 Å². The van der Waals surface area contributed by atoms with Crippen LogP contribution < -0.4 is 9.64 Å². The van der Waals surface area contributed by atoms with Gasteiger partial charge in [0.05, 0.1) is 19.1 Å². The number of hydrogen-bond acceptors (Lipinski definition) is 3. The van der Waals surface area contributed by atoms with Crippen LogP contribution in [0.25, 0.3) is 0 Å². The monoisotopic (exact) mass is 298 g/mol. The third kappa shape index (κ3) is 3.56. The average molecular weight is 298 g/mol. The summed E-state index contributed by atoms with van der Waals surface area (Å²) in [7, 11) is 5.46. The molecule has 0 radical (unpaired) electrons. The third-order valence-corrected chi connectivity index (χ3v) is 3.59. The van der Waals surface area contributed by atoms with Crippen LogP contribution in [0, 0.1) is 17.1 Å². The second-order valence-corrected chi connectivity index (χ2v) is 5.34. The molecule has 0 aromatic heterocycles. The van der Waals surface area contributed by atoms with E-state index in [4.69, 9.17) is 4.74 Å². The lowest BCUT2D eigenvalue weighted by molar-refractivity contribution is 0.406. The van der Waals surface area contributed by atoms with Gasteiger partial charge in [-0.15, -0.1) is 0 Å². The molecule has 0 saturated carbocycles. The van der Waals surface area contributed by atoms with Crippen LogP contribution in [-0.4, -0.2) is 21.2 Å². The Hall–Kier alpha value is -2.54. The number of methoxy groups -OCH3 is 1. The minimum absolute atomic E-state index is 0.363. The lowest BCUT2D eigenvalue weighted by Crippen LogP contribution is -2.09. The van der Waals surface area contributed by atoms with Crippen molar-refractivity contribution in [3.05, 3.63) is 59.4 Å². The lowest BCUT2D eigenvalue weighted by Gasteiger charge is -2.16. The molecular weight excluding hydrogens is 279 g/mol. The number of ether oxygens (including phenoxy) is 1. The van der Waals surface area contributed by atoms with Crippen LogP contribution in [0.1, 0.15) is 17.0 Å². The minimum atomic E-state index is -0.455. The number of nitrogens with zero attached hydrogens (tertiary/aromatic N) is 2. The van der Waals surface area contributed by atoms with E-state index >= 15 is 0 Å². The lowest BCUT2D eigenvalue weighted by atomic mass is 9.92. The summed E-state index contributed by atoms with van der Waals surface area (Å²) in [6, 6.07) is 14.5. The molecule has 3 nitrogen and oxygen atoms in total. The highest BCUT2D eigenvalue weighted by molar-refractivity contribution is 5.48.